The molecule has 1 N–H and O–H groups in total. The van der Waals surface area contributed by atoms with Gasteiger partial charge in [-0.15, -0.1) is 0 Å². The Bertz CT molecular complexity index is 661. The van der Waals surface area contributed by atoms with Gasteiger partial charge in [-0.1, -0.05) is 36.4 Å². The van der Waals surface area contributed by atoms with E-state index in [4.69, 9.17) is 0 Å². The molecule has 0 fully saturated rings. The van der Waals surface area contributed by atoms with Crippen LogP contribution in [0.15, 0.2) is 79.2 Å². The molecule has 3 heteroatoms. The summed E-state index contributed by atoms with van der Waals surface area (Å²) in [5.41, 5.74) is 4.64. The molecule has 1 aliphatic rings. The van der Waals surface area contributed by atoms with Crippen LogP contribution in [0.1, 0.15) is 0 Å². The van der Waals surface area contributed by atoms with Gasteiger partial charge < -0.3 is 4.84 Å². The molecular weight excluding hydrogens is 248 g/mol. The Hall–Kier alpha value is -2.81. The van der Waals surface area contributed by atoms with Crippen LogP contribution >= 0.6 is 0 Å². The summed E-state index contributed by atoms with van der Waals surface area (Å²) >= 11 is 0. The molecule has 0 spiro atoms. The lowest BCUT2D eigenvalue weighted by Gasteiger charge is -1.99. The van der Waals surface area contributed by atoms with Crippen LogP contribution in [0.4, 0.5) is 0 Å². The Kier molecular flexibility index (Phi) is 3.60. The van der Waals surface area contributed by atoms with Gasteiger partial charge in [0.25, 0.3) is 0 Å². The van der Waals surface area contributed by atoms with Crippen molar-refractivity contribution in [3.05, 3.63) is 79.2 Å². The number of para-hydroxylation sites is 2. The fourth-order valence-electron chi connectivity index (χ4n) is 1.98. The first-order chi connectivity index (χ1) is 9.93. The quantitative estimate of drug-likeness (QED) is 0.623. The highest BCUT2D eigenvalue weighted by molar-refractivity contribution is 5.92. The zero-order chi connectivity index (χ0) is 13.6. The largest absolute Gasteiger partial charge is 0.391 e. The molecule has 0 radical (unpaired) electrons. The minimum atomic E-state index is 1.06. The van der Waals surface area contributed by atoms with E-state index in [2.05, 4.69) is 33.5 Å². The van der Waals surface area contributed by atoms with Crippen LogP contribution in [0, 0.1) is 0 Å². The van der Waals surface area contributed by atoms with E-state index in [0.717, 1.165) is 11.0 Å². The highest BCUT2D eigenvalue weighted by atomic mass is 16.6. The SMILES string of the molecule is C1=CNOC=C1.c1ccc2nc3ccccc3cc2c1. The van der Waals surface area contributed by atoms with Crippen LogP contribution in [0.25, 0.3) is 21.8 Å². The van der Waals surface area contributed by atoms with E-state index in [0.29, 0.717) is 0 Å². The summed E-state index contributed by atoms with van der Waals surface area (Å²) in [5.74, 6) is 0. The zero-order valence-corrected chi connectivity index (χ0v) is 10.9. The van der Waals surface area contributed by atoms with Gasteiger partial charge in [0.2, 0.25) is 0 Å². The van der Waals surface area contributed by atoms with Crippen molar-refractivity contribution in [1.82, 2.24) is 10.5 Å². The third-order valence-electron chi connectivity index (χ3n) is 2.92. The monoisotopic (exact) mass is 262 g/mol. The third kappa shape index (κ3) is 2.78. The first-order valence-electron chi connectivity index (χ1n) is 6.41. The highest BCUT2D eigenvalue weighted by Gasteiger charge is 1.96. The lowest BCUT2D eigenvalue weighted by molar-refractivity contribution is 0.172. The molecule has 2 aromatic carbocycles. The summed E-state index contributed by atoms with van der Waals surface area (Å²) in [6.07, 6.45) is 6.93. The summed E-state index contributed by atoms with van der Waals surface area (Å²) in [5, 5.41) is 2.40. The zero-order valence-electron chi connectivity index (χ0n) is 10.9. The second-order valence-electron chi connectivity index (χ2n) is 4.30. The number of nitrogens with one attached hydrogen (secondary N) is 1. The van der Waals surface area contributed by atoms with Crippen LogP contribution in [0.2, 0.25) is 0 Å². The molecule has 98 valence electrons. The van der Waals surface area contributed by atoms with E-state index >= 15 is 0 Å². The van der Waals surface area contributed by atoms with Crippen LogP contribution in [0.5, 0.6) is 0 Å². The molecule has 3 aromatic rings. The van der Waals surface area contributed by atoms with E-state index < -0.39 is 0 Å². The molecule has 20 heavy (non-hydrogen) atoms. The number of aromatic nitrogens is 1. The van der Waals surface area contributed by atoms with Crippen molar-refractivity contribution in [2.75, 3.05) is 0 Å². The molecule has 1 aromatic heterocycles. The first kappa shape index (κ1) is 12.2. The lowest BCUT2D eigenvalue weighted by atomic mass is 10.1. The van der Waals surface area contributed by atoms with Gasteiger partial charge >= 0.3 is 0 Å². The molecule has 0 aliphatic carbocycles. The molecule has 0 atom stereocenters. The van der Waals surface area contributed by atoms with Crippen molar-refractivity contribution in [2.24, 2.45) is 0 Å². The molecule has 2 heterocycles. The Balaban J connectivity index is 0.000000170. The minimum Gasteiger partial charge on any atom is -0.391 e. The smallest absolute Gasteiger partial charge is 0.119 e. The second-order valence-corrected chi connectivity index (χ2v) is 4.30. The molecule has 0 bridgehead atoms. The van der Waals surface area contributed by atoms with Crippen LogP contribution in [-0.2, 0) is 4.84 Å². The van der Waals surface area contributed by atoms with Crippen LogP contribution in [0.3, 0.4) is 0 Å². The van der Waals surface area contributed by atoms with Gasteiger partial charge in [0.05, 0.1) is 11.0 Å². The van der Waals surface area contributed by atoms with Gasteiger partial charge in [0.1, 0.15) is 6.26 Å². The van der Waals surface area contributed by atoms with Crippen molar-refractivity contribution in [1.29, 1.82) is 0 Å². The second kappa shape index (κ2) is 5.89. The molecule has 1 aliphatic heterocycles. The fourth-order valence-corrected chi connectivity index (χ4v) is 1.98. The van der Waals surface area contributed by atoms with Crippen molar-refractivity contribution in [3.8, 4) is 0 Å². The van der Waals surface area contributed by atoms with Gasteiger partial charge in [-0.2, -0.15) is 0 Å². The number of rotatable bonds is 0. The number of fused-ring (bicyclic) bond motifs is 2. The average molecular weight is 262 g/mol. The molecular formula is C17H14N2O. The normalized spacial score (nSPS) is 12.4. The third-order valence-corrected chi connectivity index (χ3v) is 2.92. The minimum absolute atomic E-state index is 1.06. The Morgan fingerprint density at radius 2 is 1.45 bits per heavy atom. The van der Waals surface area contributed by atoms with E-state index in [-0.39, 0.29) is 0 Å². The Labute approximate surface area is 117 Å². The van der Waals surface area contributed by atoms with Crippen molar-refractivity contribution in [2.45, 2.75) is 0 Å². The highest BCUT2D eigenvalue weighted by Crippen LogP contribution is 2.18. The molecule has 3 nitrogen and oxygen atoms in total. The first-order valence-corrected chi connectivity index (χ1v) is 6.41. The number of nitrogens with zero attached hydrogens (tertiary/aromatic N) is 1. The van der Waals surface area contributed by atoms with E-state index in [1.165, 1.54) is 10.8 Å². The number of pyridine rings is 1. The van der Waals surface area contributed by atoms with Crippen molar-refractivity contribution < 1.29 is 4.84 Å². The summed E-state index contributed by atoms with van der Waals surface area (Å²) < 4.78 is 0. The molecule has 4 rings (SSSR count). The summed E-state index contributed by atoms with van der Waals surface area (Å²) in [6, 6.07) is 18.6. The van der Waals surface area contributed by atoms with Crippen LogP contribution in [-0.4, -0.2) is 4.98 Å². The number of hydrogen-bond acceptors (Lipinski definition) is 3. The number of hydrogen-bond donors (Lipinski definition) is 1. The number of allylic oxidation sites excluding steroid dienone is 2. The molecule has 0 saturated carbocycles. The van der Waals surface area contributed by atoms with Crippen LogP contribution < -0.4 is 5.48 Å². The van der Waals surface area contributed by atoms with Gasteiger partial charge in [-0.25, -0.2) is 10.5 Å². The standard InChI is InChI=1S/C13H9N.C4H5NO/c1-3-7-12-10(5-1)9-11-6-2-4-8-13(11)14-12;1-2-4-6-5-3-1/h1-9H;1-5H. The van der Waals surface area contributed by atoms with Gasteiger partial charge in [0, 0.05) is 17.0 Å². The maximum Gasteiger partial charge on any atom is 0.119 e. The van der Waals surface area contributed by atoms with Crippen molar-refractivity contribution in [3.63, 3.8) is 0 Å². The summed E-state index contributed by atoms with van der Waals surface area (Å²) in [6.45, 7) is 0. The van der Waals surface area contributed by atoms with Gasteiger partial charge in [-0.3, -0.25) is 0 Å². The molecule has 0 unspecified atom stereocenters. The summed E-state index contributed by atoms with van der Waals surface area (Å²) in [7, 11) is 0. The predicted octanol–water partition coefficient (Wildman–Crippen LogP) is 3.94. The van der Waals surface area contributed by atoms with Gasteiger partial charge in [0.15, 0.2) is 0 Å². The van der Waals surface area contributed by atoms with Crippen molar-refractivity contribution >= 4 is 21.8 Å². The fraction of sp³-hybridized carbons (Fsp3) is 0. The maximum atomic E-state index is 4.58. The number of benzene rings is 2. The Morgan fingerprint density at radius 1 is 0.800 bits per heavy atom. The summed E-state index contributed by atoms with van der Waals surface area (Å²) in [4.78, 5) is 9.13. The Morgan fingerprint density at radius 3 is 1.90 bits per heavy atom. The maximum absolute atomic E-state index is 4.58. The van der Waals surface area contributed by atoms with Gasteiger partial charge in [-0.05, 0) is 30.4 Å². The number of hydroxylamine groups is 1. The topological polar surface area (TPSA) is 34.1 Å². The molecule has 0 amide bonds. The molecule has 0 saturated heterocycles. The van der Waals surface area contributed by atoms with E-state index in [9.17, 15) is 0 Å². The predicted molar refractivity (Wildman–Crippen MR) is 81.7 cm³/mol. The van der Waals surface area contributed by atoms with E-state index in [1.807, 2.05) is 42.5 Å². The van der Waals surface area contributed by atoms with E-state index in [1.54, 1.807) is 18.5 Å². The lowest BCUT2D eigenvalue weighted by Crippen LogP contribution is -2.01. The average Bonchev–Trinajstić information content (AvgIpc) is 2.55.